The number of nitrogens with zero attached hydrogens (tertiary/aromatic N) is 1. The monoisotopic (exact) mass is 286 g/mol. The Hall–Kier alpha value is -0.200. The highest BCUT2D eigenvalue weighted by molar-refractivity contribution is 4.82. The van der Waals surface area contributed by atoms with E-state index in [1.807, 2.05) is 0 Å². The Morgan fingerprint density at radius 1 is 1.20 bits per heavy atom. The van der Waals surface area contributed by atoms with Crippen molar-refractivity contribution in [1.82, 2.24) is 10.2 Å². The lowest BCUT2D eigenvalue weighted by Gasteiger charge is -2.33. The largest absolute Gasteiger partial charge is 0.389 e. The third kappa shape index (κ3) is 6.50. The van der Waals surface area contributed by atoms with Crippen LogP contribution < -0.4 is 5.32 Å². The van der Waals surface area contributed by atoms with Crippen LogP contribution in [0.3, 0.4) is 0 Å². The number of β-amino-alcohol motifs (C(OH)–C–C–N with tert-alkyl or cyclic N) is 1. The molecule has 1 aliphatic carbocycles. The van der Waals surface area contributed by atoms with Crippen LogP contribution >= 0.6 is 0 Å². The lowest BCUT2D eigenvalue weighted by atomic mass is 10.0. The minimum atomic E-state index is -0.386. The molecular weight excluding hydrogens is 256 g/mol. The maximum absolute atomic E-state index is 9.93. The summed E-state index contributed by atoms with van der Waals surface area (Å²) in [5.74, 6) is 0.958. The number of likely N-dealkylation sites (tertiary alicyclic amines) is 1. The van der Waals surface area contributed by atoms with Gasteiger partial charge in [-0.2, -0.15) is 0 Å². The lowest BCUT2D eigenvalue weighted by molar-refractivity contribution is -0.00370. The minimum absolute atomic E-state index is 0.386. The molecule has 2 aliphatic rings. The van der Waals surface area contributed by atoms with Crippen molar-refractivity contribution in [1.29, 1.82) is 0 Å². The van der Waals surface area contributed by atoms with Crippen molar-refractivity contribution in [2.45, 2.75) is 37.8 Å². The van der Waals surface area contributed by atoms with Gasteiger partial charge in [0.15, 0.2) is 0 Å². The second-order valence-corrected chi connectivity index (χ2v) is 6.15. The molecule has 1 saturated heterocycles. The number of aliphatic hydroxyl groups is 1. The summed E-state index contributed by atoms with van der Waals surface area (Å²) in [5.41, 5.74) is 0. The van der Waals surface area contributed by atoms with Crippen molar-refractivity contribution in [3.05, 3.63) is 0 Å². The maximum atomic E-state index is 9.93. The molecule has 0 aromatic rings. The maximum Gasteiger partial charge on any atom is 0.0900 e. The topological polar surface area (TPSA) is 54.0 Å². The average molecular weight is 286 g/mol. The molecule has 0 amide bonds. The molecule has 1 unspecified atom stereocenters. The fourth-order valence-corrected chi connectivity index (χ4v) is 2.69. The van der Waals surface area contributed by atoms with Crippen molar-refractivity contribution in [2.75, 3.05) is 53.1 Å². The first kappa shape index (κ1) is 16.2. The third-order valence-corrected chi connectivity index (χ3v) is 4.19. The molecule has 2 fully saturated rings. The van der Waals surface area contributed by atoms with Crippen LogP contribution in [-0.2, 0) is 9.47 Å². The first-order chi connectivity index (χ1) is 9.78. The number of nitrogens with one attached hydrogen (secondary N) is 1. The van der Waals surface area contributed by atoms with Crippen molar-refractivity contribution in [2.24, 2.45) is 5.92 Å². The molecule has 0 spiro atoms. The fourth-order valence-electron chi connectivity index (χ4n) is 2.69. The molecule has 0 radical (unpaired) electrons. The van der Waals surface area contributed by atoms with Gasteiger partial charge in [0, 0.05) is 19.7 Å². The van der Waals surface area contributed by atoms with Gasteiger partial charge in [0.25, 0.3) is 0 Å². The highest BCUT2D eigenvalue weighted by atomic mass is 16.5. The lowest BCUT2D eigenvalue weighted by Crippen LogP contribution is -2.46. The standard InChI is InChI=1S/C15H30N2O3/c1-19-8-9-20-12-15(18)11-17-6-4-14(5-7-17)16-10-13-2-3-13/h13-16,18H,2-12H2,1H3. The summed E-state index contributed by atoms with van der Waals surface area (Å²) >= 11 is 0. The molecule has 1 heterocycles. The molecular formula is C15H30N2O3. The summed E-state index contributed by atoms with van der Waals surface area (Å²) in [7, 11) is 1.65. The number of hydrogen-bond donors (Lipinski definition) is 2. The quantitative estimate of drug-likeness (QED) is 0.572. The highest BCUT2D eigenvalue weighted by Crippen LogP contribution is 2.28. The second-order valence-electron chi connectivity index (χ2n) is 6.15. The fraction of sp³-hybridized carbons (Fsp3) is 1.00. The van der Waals surface area contributed by atoms with Gasteiger partial charge in [0.1, 0.15) is 0 Å². The average Bonchev–Trinajstić information content (AvgIpc) is 3.27. The number of ether oxygens (including phenoxy) is 2. The summed E-state index contributed by atoms with van der Waals surface area (Å²) in [6, 6.07) is 0.682. The number of hydrogen-bond acceptors (Lipinski definition) is 5. The smallest absolute Gasteiger partial charge is 0.0900 e. The zero-order chi connectivity index (χ0) is 14.2. The van der Waals surface area contributed by atoms with Gasteiger partial charge < -0.3 is 24.8 Å². The van der Waals surface area contributed by atoms with Crippen LogP contribution in [0.5, 0.6) is 0 Å². The van der Waals surface area contributed by atoms with E-state index in [1.165, 1.54) is 32.2 Å². The molecule has 118 valence electrons. The molecule has 5 heteroatoms. The van der Waals surface area contributed by atoms with E-state index in [0.717, 1.165) is 25.6 Å². The van der Waals surface area contributed by atoms with E-state index in [4.69, 9.17) is 9.47 Å². The van der Waals surface area contributed by atoms with Crippen molar-refractivity contribution in [3.8, 4) is 0 Å². The summed E-state index contributed by atoms with van der Waals surface area (Å²) in [5, 5.41) is 13.6. The van der Waals surface area contributed by atoms with Gasteiger partial charge in [-0.1, -0.05) is 0 Å². The van der Waals surface area contributed by atoms with E-state index in [9.17, 15) is 5.11 Å². The number of rotatable bonds is 10. The molecule has 5 nitrogen and oxygen atoms in total. The van der Waals surface area contributed by atoms with Crippen LogP contribution in [0, 0.1) is 5.92 Å². The molecule has 1 aliphatic heterocycles. The van der Waals surface area contributed by atoms with Crippen LogP contribution in [0.25, 0.3) is 0 Å². The predicted molar refractivity (Wildman–Crippen MR) is 78.9 cm³/mol. The van der Waals surface area contributed by atoms with Gasteiger partial charge in [0.2, 0.25) is 0 Å². The van der Waals surface area contributed by atoms with E-state index in [-0.39, 0.29) is 6.10 Å². The molecule has 2 N–H and O–H groups in total. The first-order valence-corrected chi connectivity index (χ1v) is 7.98. The molecule has 1 saturated carbocycles. The number of piperidine rings is 1. The van der Waals surface area contributed by atoms with Gasteiger partial charge in [-0.05, 0) is 51.2 Å². The van der Waals surface area contributed by atoms with E-state index >= 15 is 0 Å². The number of methoxy groups -OCH3 is 1. The van der Waals surface area contributed by atoms with E-state index in [0.29, 0.717) is 25.9 Å². The molecule has 0 aromatic heterocycles. The first-order valence-electron chi connectivity index (χ1n) is 7.98. The number of aliphatic hydroxyl groups excluding tert-OH is 1. The Balaban J connectivity index is 1.49. The van der Waals surface area contributed by atoms with Gasteiger partial charge in [-0.25, -0.2) is 0 Å². The summed E-state index contributed by atoms with van der Waals surface area (Å²) in [6.45, 7) is 5.65. The van der Waals surface area contributed by atoms with Crippen molar-refractivity contribution >= 4 is 0 Å². The second kappa shape index (κ2) is 8.95. The van der Waals surface area contributed by atoms with Crippen LogP contribution in [0.1, 0.15) is 25.7 Å². The summed E-state index contributed by atoms with van der Waals surface area (Å²) < 4.78 is 10.3. The van der Waals surface area contributed by atoms with Gasteiger partial charge in [-0.3, -0.25) is 0 Å². The third-order valence-electron chi connectivity index (χ3n) is 4.19. The normalized spacial score (nSPS) is 23.1. The van der Waals surface area contributed by atoms with Gasteiger partial charge in [-0.15, -0.1) is 0 Å². The van der Waals surface area contributed by atoms with E-state index in [1.54, 1.807) is 7.11 Å². The van der Waals surface area contributed by atoms with Crippen molar-refractivity contribution in [3.63, 3.8) is 0 Å². The zero-order valence-electron chi connectivity index (χ0n) is 12.7. The molecule has 2 rings (SSSR count). The summed E-state index contributed by atoms with van der Waals surface area (Å²) in [6.07, 6.45) is 4.85. The van der Waals surface area contributed by atoms with Crippen LogP contribution in [0.2, 0.25) is 0 Å². The Morgan fingerprint density at radius 2 is 1.95 bits per heavy atom. The molecule has 1 atom stereocenters. The van der Waals surface area contributed by atoms with Crippen LogP contribution in [-0.4, -0.2) is 75.3 Å². The Bertz CT molecular complexity index is 254. The summed E-state index contributed by atoms with van der Waals surface area (Å²) in [4.78, 5) is 2.35. The van der Waals surface area contributed by atoms with Crippen molar-refractivity contribution < 1.29 is 14.6 Å². The molecule has 0 bridgehead atoms. The highest BCUT2D eigenvalue weighted by Gasteiger charge is 2.24. The zero-order valence-corrected chi connectivity index (χ0v) is 12.7. The Labute approximate surface area is 122 Å². The molecule has 20 heavy (non-hydrogen) atoms. The minimum Gasteiger partial charge on any atom is -0.389 e. The van der Waals surface area contributed by atoms with Crippen LogP contribution in [0.4, 0.5) is 0 Å². The Kier molecular flexibility index (Phi) is 7.24. The van der Waals surface area contributed by atoms with Crippen LogP contribution in [0.15, 0.2) is 0 Å². The van der Waals surface area contributed by atoms with Gasteiger partial charge in [0.05, 0.1) is 25.9 Å². The van der Waals surface area contributed by atoms with E-state index < -0.39 is 0 Å². The SMILES string of the molecule is COCCOCC(O)CN1CCC(NCC2CC2)CC1. The molecule has 0 aromatic carbocycles. The van der Waals surface area contributed by atoms with E-state index in [2.05, 4.69) is 10.2 Å². The Morgan fingerprint density at radius 3 is 2.60 bits per heavy atom. The predicted octanol–water partition coefficient (Wildman–Crippen LogP) is 0.474. The van der Waals surface area contributed by atoms with Gasteiger partial charge >= 0.3 is 0 Å².